The van der Waals surface area contributed by atoms with Crippen molar-refractivity contribution in [2.75, 3.05) is 13.0 Å². The van der Waals surface area contributed by atoms with Crippen molar-refractivity contribution >= 4 is 22.0 Å². The molecule has 0 aromatic heterocycles. The van der Waals surface area contributed by atoms with Crippen molar-refractivity contribution in [1.29, 1.82) is 0 Å². The molecule has 86 valence electrons. The zero-order chi connectivity index (χ0) is 19.5. The summed E-state index contributed by atoms with van der Waals surface area (Å²) in [6, 6.07) is -1.03. The molecule has 4 heteroatoms. The van der Waals surface area contributed by atoms with Crippen LogP contribution in [0.15, 0.2) is 10.5 Å². The van der Waals surface area contributed by atoms with Crippen molar-refractivity contribution in [3.8, 4) is 0 Å². The lowest BCUT2D eigenvalue weighted by molar-refractivity contribution is 0.0247. The Labute approximate surface area is 112 Å². The molecule has 0 fully saturated rings. The van der Waals surface area contributed by atoms with Gasteiger partial charge in [0, 0.05) is 24.4 Å². The Bertz CT molecular complexity index is 581. The summed E-state index contributed by atoms with van der Waals surface area (Å²) >= 11 is 2.69. The molecule has 0 bridgehead atoms. The van der Waals surface area contributed by atoms with Gasteiger partial charge in [0.25, 0.3) is 0 Å². The highest BCUT2D eigenvalue weighted by atomic mass is 79.9. The summed E-state index contributed by atoms with van der Waals surface area (Å²) in [5.74, 6) is -3.10. The Hall–Kier alpha value is -0.510. The summed E-state index contributed by atoms with van der Waals surface area (Å²) in [4.78, 5) is 12.2. The van der Waals surface area contributed by atoms with E-state index >= 15 is 0 Å². The Morgan fingerprint density at radius 1 is 1.93 bits per heavy atom. The minimum absolute atomic E-state index is 0.127. The van der Waals surface area contributed by atoms with E-state index in [1.54, 1.807) is 0 Å². The zero-order valence-corrected chi connectivity index (χ0v) is 10.2. The SMILES string of the molecule is [2H]C1=C(Br)C([2H])(C([2H])([2H])[2H])C([2H])([2H])N(C(=O)OC(C)(C)C)C1([2H])[2H]. The molecule has 1 aliphatic heterocycles. The first-order valence-corrected chi connectivity index (χ1v) is 5.02. The molecular formula is C11H18BrNO2. The number of halogens is 1. The van der Waals surface area contributed by atoms with Gasteiger partial charge in [-0.3, -0.25) is 0 Å². The van der Waals surface area contributed by atoms with Crippen LogP contribution in [0, 0.1) is 5.89 Å². The van der Waals surface area contributed by atoms with E-state index in [0.29, 0.717) is 0 Å². The molecular weight excluding hydrogens is 258 g/mol. The van der Waals surface area contributed by atoms with Gasteiger partial charge in [-0.2, -0.15) is 0 Å². The molecule has 0 saturated carbocycles. The molecule has 1 amide bonds. The van der Waals surface area contributed by atoms with Crippen LogP contribution in [0.2, 0.25) is 0 Å². The van der Waals surface area contributed by atoms with Crippen molar-refractivity contribution in [2.45, 2.75) is 33.2 Å². The molecule has 0 aliphatic carbocycles. The normalized spacial score (nSPS) is 44.3. The molecule has 1 aliphatic rings. The molecule has 1 heterocycles. The lowest BCUT2D eigenvalue weighted by Crippen LogP contribution is -2.41. The van der Waals surface area contributed by atoms with Crippen LogP contribution in [0.25, 0.3) is 0 Å². The van der Waals surface area contributed by atoms with Crippen LogP contribution in [-0.4, -0.2) is 29.6 Å². The van der Waals surface area contributed by atoms with Gasteiger partial charge in [-0.1, -0.05) is 28.8 Å². The molecule has 0 spiro atoms. The number of rotatable bonds is 0. The van der Waals surface area contributed by atoms with Crippen LogP contribution in [0.1, 0.15) is 40.0 Å². The van der Waals surface area contributed by atoms with Gasteiger partial charge < -0.3 is 9.64 Å². The van der Waals surface area contributed by atoms with Crippen molar-refractivity contribution in [3.05, 3.63) is 10.5 Å². The van der Waals surface area contributed by atoms with Gasteiger partial charge in [0.1, 0.15) is 5.60 Å². The van der Waals surface area contributed by atoms with Crippen LogP contribution < -0.4 is 0 Å². The number of amides is 1. The molecule has 3 nitrogen and oxygen atoms in total. The fourth-order valence-corrected chi connectivity index (χ4v) is 0.932. The number of carbonyl (C=O) groups is 1. The lowest BCUT2D eigenvalue weighted by Gasteiger charge is -2.31. The number of nitrogens with zero attached hydrogens (tertiary/aromatic N) is 1. The van der Waals surface area contributed by atoms with Crippen LogP contribution in [0.5, 0.6) is 0 Å². The topological polar surface area (TPSA) is 29.5 Å². The van der Waals surface area contributed by atoms with Gasteiger partial charge >= 0.3 is 6.09 Å². The van der Waals surface area contributed by atoms with Gasteiger partial charge in [0.2, 0.25) is 0 Å². The van der Waals surface area contributed by atoms with E-state index in [1.807, 2.05) is 0 Å². The lowest BCUT2D eigenvalue weighted by atomic mass is 10.1. The van der Waals surface area contributed by atoms with E-state index in [-0.39, 0.29) is 4.90 Å². The summed E-state index contributed by atoms with van der Waals surface area (Å²) < 4.78 is 74.6. The third-order valence-corrected chi connectivity index (χ3v) is 1.89. The zero-order valence-electron chi connectivity index (χ0n) is 17.6. The van der Waals surface area contributed by atoms with Crippen molar-refractivity contribution in [1.82, 2.24) is 4.90 Å². The van der Waals surface area contributed by atoms with E-state index in [4.69, 9.17) is 17.1 Å². The summed E-state index contributed by atoms with van der Waals surface area (Å²) in [5, 5.41) is 0. The quantitative estimate of drug-likeness (QED) is 0.684. The van der Waals surface area contributed by atoms with Gasteiger partial charge in [0.15, 0.2) is 0 Å². The molecule has 0 N–H and O–H groups in total. The highest BCUT2D eigenvalue weighted by Gasteiger charge is 2.25. The summed E-state index contributed by atoms with van der Waals surface area (Å²) in [5.41, 5.74) is -1.12. The second kappa shape index (κ2) is 4.56. The van der Waals surface area contributed by atoms with Crippen molar-refractivity contribution < 1.29 is 21.9 Å². The molecule has 0 saturated heterocycles. The van der Waals surface area contributed by atoms with Crippen LogP contribution in [-0.2, 0) is 4.74 Å². The fourth-order valence-electron chi connectivity index (χ4n) is 0.755. The molecule has 1 atom stereocenters. The van der Waals surface area contributed by atoms with Gasteiger partial charge in [0.05, 0.1) is 6.85 Å². The Morgan fingerprint density at radius 2 is 2.60 bits per heavy atom. The summed E-state index contributed by atoms with van der Waals surface area (Å²) in [6.45, 7) is -5.24. The molecule has 15 heavy (non-hydrogen) atoms. The summed E-state index contributed by atoms with van der Waals surface area (Å²) in [7, 11) is 0. The van der Waals surface area contributed by atoms with Gasteiger partial charge in [-0.25, -0.2) is 4.79 Å². The van der Waals surface area contributed by atoms with Crippen LogP contribution in [0.3, 0.4) is 0 Å². The van der Waals surface area contributed by atoms with Gasteiger partial charge in [-0.05, 0) is 25.3 Å². The van der Waals surface area contributed by atoms with E-state index in [1.165, 1.54) is 20.8 Å². The largest absolute Gasteiger partial charge is 0.444 e. The van der Waals surface area contributed by atoms with Crippen molar-refractivity contribution in [3.63, 3.8) is 0 Å². The predicted molar refractivity (Wildman–Crippen MR) is 64.0 cm³/mol. The van der Waals surface area contributed by atoms with Crippen LogP contribution >= 0.6 is 15.9 Å². The Kier molecular flexibility index (Phi) is 1.45. The monoisotopic (exact) mass is 284 g/mol. The highest BCUT2D eigenvalue weighted by molar-refractivity contribution is 9.11. The predicted octanol–water partition coefficient (Wildman–Crippen LogP) is 3.15. The number of hydrogen-bond acceptors (Lipinski definition) is 2. The second-order valence-electron chi connectivity index (χ2n) is 3.85. The number of carbonyl (C=O) groups excluding carboxylic acids is 1. The average Bonchev–Trinajstić information content (AvgIpc) is 2.29. The molecule has 1 rings (SSSR count). The van der Waals surface area contributed by atoms with E-state index < -0.39 is 48.0 Å². The van der Waals surface area contributed by atoms with E-state index in [0.717, 1.165) is 0 Å². The smallest absolute Gasteiger partial charge is 0.410 e. The van der Waals surface area contributed by atoms with E-state index in [2.05, 4.69) is 15.9 Å². The maximum atomic E-state index is 12.3. The van der Waals surface area contributed by atoms with Crippen molar-refractivity contribution in [2.24, 2.45) is 5.89 Å². The average molecular weight is 285 g/mol. The molecule has 0 radical (unpaired) electrons. The standard InChI is InChI=1S/C11H18BrNO2/c1-8-7-13(6-5-9(8)12)10(14)15-11(2,3)4/h5,8H,6-7H2,1-4H3/i1D3,5D,6D2,7D2,8D. The third-order valence-electron chi connectivity index (χ3n) is 1.30. The second-order valence-corrected chi connectivity index (χ2v) is 4.65. The fraction of sp³-hybridized carbons (Fsp3) is 0.727. The third kappa shape index (κ3) is 3.86. The van der Waals surface area contributed by atoms with Gasteiger partial charge in [-0.15, -0.1) is 0 Å². The summed E-state index contributed by atoms with van der Waals surface area (Å²) in [6.07, 6.45) is -1.50. The molecule has 0 aromatic carbocycles. The number of ether oxygens (including phenoxy) is 1. The maximum Gasteiger partial charge on any atom is 0.410 e. The number of hydrogen-bond donors (Lipinski definition) is 0. The first kappa shape index (κ1) is 4.78. The maximum absolute atomic E-state index is 12.3. The molecule has 1 unspecified atom stereocenters. The minimum Gasteiger partial charge on any atom is -0.444 e. The molecule has 0 aromatic rings. The first-order valence-electron chi connectivity index (χ1n) is 8.72. The first-order chi connectivity index (χ1) is 10.3. The highest BCUT2D eigenvalue weighted by Crippen LogP contribution is 2.23. The Balaban J connectivity index is 3.70. The van der Waals surface area contributed by atoms with E-state index in [9.17, 15) is 4.79 Å². The van der Waals surface area contributed by atoms with Crippen LogP contribution in [0.4, 0.5) is 4.79 Å². The Morgan fingerprint density at radius 3 is 3.13 bits per heavy atom. The minimum atomic E-state index is -3.33.